The highest BCUT2D eigenvalue weighted by Gasteiger charge is 2.21. The second-order valence-corrected chi connectivity index (χ2v) is 4.54. The molecule has 1 fully saturated rings. The molecule has 0 amide bonds. The van der Waals surface area contributed by atoms with Crippen LogP contribution in [0.15, 0.2) is 35.3 Å². The Hall–Kier alpha value is -1.44. The molecule has 90 valence electrons. The molecule has 0 aliphatic carbocycles. The number of benzene rings is 1. The van der Waals surface area contributed by atoms with Gasteiger partial charge in [-0.05, 0) is 24.9 Å². The minimum absolute atomic E-state index is 0.408. The Bertz CT molecular complexity index is 384. The Morgan fingerprint density at radius 2 is 2.12 bits per heavy atom. The molecule has 0 N–H and O–H groups in total. The molecule has 1 atom stereocenters. The Labute approximate surface area is 102 Å². The van der Waals surface area contributed by atoms with Crippen molar-refractivity contribution in [2.75, 3.05) is 13.1 Å². The number of isocyanates is 1. The van der Waals surface area contributed by atoms with Gasteiger partial charge in [0.2, 0.25) is 6.08 Å². The van der Waals surface area contributed by atoms with E-state index in [1.807, 2.05) is 6.07 Å². The Morgan fingerprint density at radius 3 is 2.88 bits per heavy atom. The van der Waals surface area contributed by atoms with Crippen LogP contribution in [0.5, 0.6) is 0 Å². The topological polar surface area (TPSA) is 32.7 Å². The number of nitrogens with zero attached hydrogens (tertiary/aromatic N) is 2. The van der Waals surface area contributed by atoms with E-state index in [-0.39, 0.29) is 0 Å². The number of piperidine rings is 1. The molecular formula is C14H18N2O. The van der Waals surface area contributed by atoms with Gasteiger partial charge in [-0.25, -0.2) is 9.79 Å². The third-order valence-electron chi connectivity index (χ3n) is 3.34. The maximum absolute atomic E-state index is 10.2. The highest BCUT2D eigenvalue weighted by Crippen LogP contribution is 2.19. The molecule has 1 unspecified atom stereocenters. The standard InChI is InChI=1S/C14H18N2O/c17-12-15-10-14-8-4-5-9-16(14)11-13-6-2-1-3-7-13/h1-3,6-7,14H,4-5,8-11H2. The average molecular weight is 230 g/mol. The second-order valence-electron chi connectivity index (χ2n) is 4.54. The summed E-state index contributed by atoms with van der Waals surface area (Å²) >= 11 is 0. The first kappa shape index (κ1) is 12.0. The van der Waals surface area contributed by atoms with E-state index >= 15 is 0 Å². The molecule has 0 aromatic heterocycles. The van der Waals surface area contributed by atoms with Crippen LogP contribution in [-0.4, -0.2) is 30.1 Å². The van der Waals surface area contributed by atoms with E-state index in [1.165, 1.54) is 18.4 Å². The van der Waals surface area contributed by atoms with E-state index in [1.54, 1.807) is 6.08 Å². The smallest absolute Gasteiger partial charge is 0.234 e. The first-order valence-corrected chi connectivity index (χ1v) is 6.22. The first-order chi connectivity index (χ1) is 8.40. The first-order valence-electron chi connectivity index (χ1n) is 6.22. The fraction of sp³-hybridized carbons (Fsp3) is 0.500. The van der Waals surface area contributed by atoms with E-state index in [9.17, 15) is 4.79 Å². The van der Waals surface area contributed by atoms with Gasteiger partial charge >= 0.3 is 0 Å². The van der Waals surface area contributed by atoms with E-state index in [0.29, 0.717) is 12.6 Å². The molecule has 1 heterocycles. The zero-order valence-electron chi connectivity index (χ0n) is 10.0. The SMILES string of the molecule is O=C=NCC1CCCCN1Cc1ccccc1. The molecule has 1 aliphatic rings. The molecule has 0 radical (unpaired) electrons. The zero-order valence-corrected chi connectivity index (χ0v) is 10.0. The summed E-state index contributed by atoms with van der Waals surface area (Å²) in [7, 11) is 0. The van der Waals surface area contributed by atoms with E-state index < -0.39 is 0 Å². The van der Waals surface area contributed by atoms with Gasteiger partial charge in [-0.2, -0.15) is 0 Å². The fourth-order valence-electron chi connectivity index (χ4n) is 2.44. The Balaban J connectivity index is 1.98. The number of aliphatic imine (C=N–C) groups is 1. The molecule has 1 aliphatic heterocycles. The van der Waals surface area contributed by atoms with Crippen LogP contribution in [0, 0.1) is 0 Å². The lowest BCUT2D eigenvalue weighted by Crippen LogP contribution is -2.40. The third kappa shape index (κ3) is 3.52. The van der Waals surface area contributed by atoms with Gasteiger partial charge in [-0.15, -0.1) is 0 Å². The molecule has 0 spiro atoms. The molecule has 1 saturated heterocycles. The van der Waals surface area contributed by atoms with Gasteiger partial charge in [-0.1, -0.05) is 36.8 Å². The summed E-state index contributed by atoms with van der Waals surface area (Å²) in [5.74, 6) is 0. The molecule has 0 bridgehead atoms. The van der Waals surface area contributed by atoms with Gasteiger partial charge in [-0.3, -0.25) is 4.90 Å². The number of carbonyl (C=O) groups excluding carboxylic acids is 1. The van der Waals surface area contributed by atoms with Crippen molar-refractivity contribution in [3.8, 4) is 0 Å². The average Bonchev–Trinajstić information content (AvgIpc) is 2.39. The number of hydrogen-bond acceptors (Lipinski definition) is 3. The van der Waals surface area contributed by atoms with Gasteiger partial charge in [0.15, 0.2) is 0 Å². The quantitative estimate of drug-likeness (QED) is 0.587. The zero-order chi connectivity index (χ0) is 11.9. The molecule has 3 heteroatoms. The number of rotatable bonds is 4. The van der Waals surface area contributed by atoms with Crippen LogP contribution < -0.4 is 0 Å². The third-order valence-corrected chi connectivity index (χ3v) is 3.34. The minimum atomic E-state index is 0.408. The van der Waals surface area contributed by atoms with Crippen LogP contribution in [0.3, 0.4) is 0 Å². The van der Waals surface area contributed by atoms with Crippen molar-refractivity contribution in [2.45, 2.75) is 31.8 Å². The molecule has 1 aromatic carbocycles. The summed E-state index contributed by atoms with van der Waals surface area (Å²) in [6.07, 6.45) is 5.27. The fourth-order valence-corrected chi connectivity index (χ4v) is 2.44. The normalized spacial score (nSPS) is 20.8. The van der Waals surface area contributed by atoms with E-state index in [4.69, 9.17) is 0 Å². The summed E-state index contributed by atoms with van der Waals surface area (Å²) in [6, 6.07) is 10.9. The summed E-state index contributed by atoms with van der Waals surface area (Å²) < 4.78 is 0. The van der Waals surface area contributed by atoms with Crippen molar-refractivity contribution >= 4 is 6.08 Å². The minimum Gasteiger partial charge on any atom is -0.294 e. The van der Waals surface area contributed by atoms with E-state index in [2.05, 4.69) is 34.2 Å². The van der Waals surface area contributed by atoms with Gasteiger partial charge in [0.25, 0.3) is 0 Å². The van der Waals surface area contributed by atoms with Crippen molar-refractivity contribution in [1.82, 2.24) is 4.90 Å². The van der Waals surface area contributed by atoms with Crippen LogP contribution >= 0.6 is 0 Å². The predicted molar refractivity (Wildman–Crippen MR) is 67.5 cm³/mol. The molecule has 3 nitrogen and oxygen atoms in total. The van der Waals surface area contributed by atoms with Crippen molar-refractivity contribution in [3.05, 3.63) is 35.9 Å². The number of hydrogen-bond donors (Lipinski definition) is 0. The van der Waals surface area contributed by atoms with Crippen LogP contribution in [0.4, 0.5) is 0 Å². The van der Waals surface area contributed by atoms with Crippen LogP contribution in [-0.2, 0) is 11.3 Å². The lowest BCUT2D eigenvalue weighted by Gasteiger charge is -2.34. The maximum Gasteiger partial charge on any atom is 0.234 e. The summed E-state index contributed by atoms with van der Waals surface area (Å²) in [6.45, 7) is 2.66. The Kier molecular flexibility index (Phi) is 4.48. The van der Waals surface area contributed by atoms with Crippen LogP contribution in [0.2, 0.25) is 0 Å². The van der Waals surface area contributed by atoms with Gasteiger partial charge in [0, 0.05) is 12.6 Å². The number of likely N-dealkylation sites (tertiary alicyclic amines) is 1. The van der Waals surface area contributed by atoms with Crippen molar-refractivity contribution in [1.29, 1.82) is 0 Å². The highest BCUT2D eigenvalue weighted by atomic mass is 16.1. The molecular weight excluding hydrogens is 212 g/mol. The lowest BCUT2D eigenvalue weighted by atomic mass is 10.0. The second kappa shape index (κ2) is 6.33. The molecule has 0 saturated carbocycles. The van der Waals surface area contributed by atoms with Crippen molar-refractivity contribution < 1.29 is 4.79 Å². The summed E-state index contributed by atoms with van der Waals surface area (Å²) in [4.78, 5) is 16.4. The monoisotopic (exact) mass is 230 g/mol. The van der Waals surface area contributed by atoms with Gasteiger partial charge in [0.1, 0.15) is 0 Å². The molecule has 1 aromatic rings. The summed E-state index contributed by atoms with van der Waals surface area (Å²) in [5, 5.41) is 0. The van der Waals surface area contributed by atoms with Gasteiger partial charge < -0.3 is 0 Å². The van der Waals surface area contributed by atoms with Crippen molar-refractivity contribution in [2.24, 2.45) is 4.99 Å². The molecule has 17 heavy (non-hydrogen) atoms. The predicted octanol–water partition coefficient (Wildman–Crippen LogP) is 2.38. The maximum atomic E-state index is 10.2. The molecule has 2 rings (SSSR count). The van der Waals surface area contributed by atoms with Crippen LogP contribution in [0.25, 0.3) is 0 Å². The largest absolute Gasteiger partial charge is 0.294 e. The van der Waals surface area contributed by atoms with Crippen molar-refractivity contribution in [3.63, 3.8) is 0 Å². The highest BCUT2D eigenvalue weighted by molar-refractivity contribution is 5.32. The van der Waals surface area contributed by atoms with Crippen LogP contribution in [0.1, 0.15) is 24.8 Å². The Morgan fingerprint density at radius 1 is 1.29 bits per heavy atom. The summed E-state index contributed by atoms with van der Waals surface area (Å²) in [5.41, 5.74) is 1.33. The lowest BCUT2D eigenvalue weighted by molar-refractivity contribution is 0.145. The van der Waals surface area contributed by atoms with E-state index in [0.717, 1.165) is 19.5 Å². The van der Waals surface area contributed by atoms with Gasteiger partial charge in [0.05, 0.1) is 6.54 Å².